The molecule has 1 aliphatic rings. The molecule has 0 unspecified atom stereocenters. The minimum Gasteiger partial charge on any atom is -0.496 e. The van der Waals surface area contributed by atoms with E-state index in [2.05, 4.69) is 5.32 Å². The normalized spacial score (nSPS) is 15.1. The zero-order valence-electron chi connectivity index (χ0n) is 13.1. The fourth-order valence-corrected chi connectivity index (χ4v) is 2.64. The van der Waals surface area contributed by atoms with E-state index < -0.39 is 6.09 Å². The van der Waals surface area contributed by atoms with Crippen molar-refractivity contribution in [2.24, 2.45) is 0 Å². The van der Waals surface area contributed by atoms with Crippen molar-refractivity contribution < 1.29 is 19.1 Å². The van der Waals surface area contributed by atoms with E-state index in [1.807, 2.05) is 12.1 Å². The molecule has 23 heavy (non-hydrogen) atoms. The molecule has 0 aromatic heterocycles. The van der Waals surface area contributed by atoms with Gasteiger partial charge in [0.2, 0.25) is 0 Å². The Kier molecular flexibility index (Phi) is 6.52. The van der Waals surface area contributed by atoms with Crippen LogP contribution in [-0.4, -0.2) is 55.6 Å². The number of benzene rings is 1. The molecule has 1 saturated heterocycles. The quantitative estimate of drug-likeness (QED) is 0.835. The Balaban J connectivity index is 1.86. The maximum Gasteiger partial charge on any atom is 0.407 e. The SMILES string of the molecule is COc1ccccc1C(=O)N1CCC(NC(=O)OCCCl)CC1. The molecule has 0 atom stereocenters. The lowest BCUT2D eigenvalue weighted by Gasteiger charge is -2.32. The summed E-state index contributed by atoms with van der Waals surface area (Å²) < 4.78 is 10.1. The highest BCUT2D eigenvalue weighted by molar-refractivity contribution is 6.18. The van der Waals surface area contributed by atoms with Gasteiger partial charge in [-0.3, -0.25) is 4.79 Å². The zero-order chi connectivity index (χ0) is 16.7. The van der Waals surface area contributed by atoms with Gasteiger partial charge in [-0.15, -0.1) is 11.6 Å². The van der Waals surface area contributed by atoms with Crippen LogP contribution in [0.15, 0.2) is 24.3 Å². The maximum absolute atomic E-state index is 12.6. The van der Waals surface area contributed by atoms with Crippen LogP contribution in [0.4, 0.5) is 4.79 Å². The van der Waals surface area contributed by atoms with Crippen LogP contribution in [0.3, 0.4) is 0 Å². The summed E-state index contributed by atoms with van der Waals surface area (Å²) in [6.45, 7) is 1.35. The van der Waals surface area contributed by atoms with Gasteiger partial charge < -0.3 is 19.7 Å². The highest BCUT2D eigenvalue weighted by Crippen LogP contribution is 2.21. The molecule has 0 aliphatic carbocycles. The van der Waals surface area contributed by atoms with Crippen LogP contribution in [-0.2, 0) is 4.74 Å². The number of piperidine rings is 1. The first-order valence-corrected chi connectivity index (χ1v) is 8.10. The number of likely N-dealkylation sites (tertiary alicyclic amines) is 1. The molecule has 2 amide bonds. The summed E-state index contributed by atoms with van der Waals surface area (Å²) in [6.07, 6.45) is 0.924. The van der Waals surface area contributed by atoms with E-state index in [0.717, 1.165) is 0 Å². The Morgan fingerprint density at radius 3 is 2.65 bits per heavy atom. The molecule has 2 rings (SSSR count). The van der Waals surface area contributed by atoms with Gasteiger partial charge in [0.05, 0.1) is 18.6 Å². The van der Waals surface area contributed by atoms with Crippen LogP contribution in [0.25, 0.3) is 0 Å². The molecular formula is C16H21ClN2O4. The highest BCUT2D eigenvalue weighted by Gasteiger charge is 2.26. The number of amides is 2. The van der Waals surface area contributed by atoms with Gasteiger partial charge in [0.1, 0.15) is 12.4 Å². The molecule has 1 aromatic rings. The second-order valence-electron chi connectivity index (χ2n) is 5.24. The molecule has 7 heteroatoms. The standard InChI is InChI=1S/C16H21ClN2O4/c1-22-14-5-3-2-4-13(14)15(20)19-9-6-12(7-10-19)18-16(21)23-11-8-17/h2-5,12H,6-11H2,1H3,(H,18,21). The van der Waals surface area contributed by atoms with Gasteiger partial charge in [-0.2, -0.15) is 0 Å². The van der Waals surface area contributed by atoms with Crippen molar-refractivity contribution in [2.45, 2.75) is 18.9 Å². The fourth-order valence-electron chi connectivity index (χ4n) is 2.56. The van der Waals surface area contributed by atoms with Crippen molar-refractivity contribution in [3.8, 4) is 5.75 Å². The summed E-state index contributed by atoms with van der Waals surface area (Å²) in [7, 11) is 1.55. The smallest absolute Gasteiger partial charge is 0.407 e. The molecule has 1 N–H and O–H groups in total. The number of carbonyl (C=O) groups is 2. The number of nitrogens with zero attached hydrogens (tertiary/aromatic N) is 1. The summed E-state index contributed by atoms with van der Waals surface area (Å²) in [4.78, 5) is 25.8. The summed E-state index contributed by atoms with van der Waals surface area (Å²) in [5.41, 5.74) is 0.558. The minimum atomic E-state index is -0.458. The van der Waals surface area contributed by atoms with Crippen molar-refractivity contribution in [3.05, 3.63) is 29.8 Å². The first kappa shape index (κ1) is 17.4. The molecule has 0 radical (unpaired) electrons. The summed E-state index contributed by atoms with van der Waals surface area (Å²) in [5, 5.41) is 2.79. The third-order valence-electron chi connectivity index (χ3n) is 3.75. The first-order valence-electron chi connectivity index (χ1n) is 7.57. The Morgan fingerprint density at radius 1 is 1.30 bits per heavy atom. The van der Waals surface area contributed by atoms with Gasteiger partial charge >= 0.3 is 6.09 Å². The molecule has 1 fully saturated rings. The lowest BCUT2D eigenvalue weighted by atomic mass is 10.0. The Morgan fingerprint density at radius 2 is 2.00 bits per heavy atom. The topological polar surface area (TPSA) is 67.9 Å². The van der Waals surface area contributed by atoms with Crippen LogP contribution >= 0.6 is 11.6 Å². The lowest BCUT2D eigenvalue weighted by Crippen LogP contribution is -2.46. The molecule has 0 bridgehead atoms. The van der Waals surface area contributed by atoms with E-state index in [0.29, 0.717) is 37.2 Å². The van der Waals surface area contributed by atoms with Gasteiger partial charge in [-0.05, 0) is 25.0 Å². The number of para-hydroxylation sites is 1. The van der Waals surface area contributed by atoms with Gasteiger partial charge in [0, 0.05) is 19.1 Å². The third-order valence-corrected chi connectivity index (χ3v) is 3.91. The number of hydrogen-bond donors (Lipinski definition) is 1. The van der Waals surface area contributed by atoms with Crippen molar-refractivity contribution in [3.63, 3.8) is 0 Å². The summed E-state index contributed by atoms with van der Waals surface area (Å²) >= 11 is 5.47. The second-order valence-corrected chi connectivity index (χ2v) is 5.61. The Labute approximate surface area is 140 Å². The van der Waals surface area contributed by atoms with E-state index in [9.17, 15) is 9.59 Å². The number of alkyl carbamates (subject to hydrolysis) is 1. The lowest BCUT2D eigenvalue weighted by molar-refractivity contribution is 0.0699. The van der Waals surface area contributed by atoms with Crippen LogP contribution in [0.2, 0.25) is 0 Å². The van der Waals surface area contributed by atoms with Crippen LogP contribution in [0.1, 0.15) is 23.2 Å². The zero-order valence-corrected chi connectivity index (χ0v) is 13.8. The minimum absolute atomic E-state index is 0.0135. The van der Waals surface area contributed by atoms with E-state index in [-0.39, 0.29) is 24.4 Å². The molecule has 1 heterocycles. The van der Waals surface area contributed by atoms with Crippen molar-refractivity contribution in [1.82, 2.24) is 10.2 Å². The second kappa shape index (κ2) is 8.62. The van der Waals surface area contributed by atoms with E-state index in [1.165, 1.54) is 0 Å². The van der Waals surface area contributed by atoms with E-state index in [1.54, 1.807) is 24.1 Å². The fraction of sp³-hybridized carbons (Fsp3) is 0.500. The maximum atomic E-state index is 12.6. The molecule has 1 aromatic carbocycles. The molecular weight excluding hydrogens is 320 g/mol. The molecule has 0 spiro atoms. The number of carbonyl (C=O) groups excluding carboxylic acids is 2. The number of nitrogens with one attached hydrogen (secondary N) is 1. The van der Waals surface area contributed by atoms with Crippen LogP contribution in [0.5, 0.6) is 5.75 Å². The third kappa shape index (κ3) is 4.76. The van der Waals surface area contributed by atoms with E-state index in [4.69, 9.17) is 21.1 Å². The number of rotatable bonds is 5. The van der Waals surface area contributed by atoms with Gasteiger partial charge in [0.15, 0.2) is 0 Å². The number of ether oxygens (including phenoxy) is 2. The predicted molar refractivity (Wildman–Crippen MR) is 87.1 cm³/mol. The number of alkyl halides is 1. The van der Waals surface area contributed by atoms with Crippen molar-refractivity contribution >= 4 is 23.6 Å². The molecule has 6 nitrogen and oxygen atoms in total. The largest absolute Gasteiger partial charge is 0.496 e. The van der Waals surface area contributed by atoms with Gasteiger partial charge in [0.25, 0.3) is 5.91 Å². The Bertz CT molecular complexity index is 545. The molecule has 1 aliphatic heterocycles. The predicted octanol–water partition coefficient (Wildman–Crippen LogP) is 2.26. The monoisotopic (exact) mass is 340 g/mol. The average Bonchev–Trinajstić information content (AvgIpc) is 2.60. The van der Waals surface area contributed by atoms with Gasteiger partial charge in [-0.1, -0.05) is 12.1 Å². The molecule has 126 valence electrons. The number of halogens is 1. The summed E-state index contributed by atoms with van der Waals surface area (Å²) in [5.74, 6) is 0.798. The van der Waals surface area contributed by atoms with E-state index >= 15 is 0 Å². The number of methoxy groups -OCH3 is 1. The summed E-state index contributed by atoms with van der Waals surface area (Å²) in [6, 6.07) is 7.19. The number of hydrogen-bond acceptors (Lipinski definition) is 4. The highest BCUT2D eigenvalue weighted by atomic mass is 35.5. The van der Waals surface area contributed by atoms with Crippen LogP contribution in [0, 0.1) is 0 Å². The average molecular weight is 341 g/mol. The van der Waals surface area contributed by atoms with Crippen molar-refractivity contribution in [1.29, 1.82) is 0 Å². The van der Waals surface area contributed by atoms with Crippen LogP contribution < -0.4 is 10.1 Å². The van der Waals surface area contributed by atoms with Crippen molar-refractivity contribution in [2.75, 3.05) is 32.7 Å². The first-order chi connectivity index (χ1) is 11.2. The Hall–Kier alpha value is -1.95. The van der Waals surface area contributed by atoms with Gasteiger partial charge in [-0.25, -0.2) is 4.79 Å². The molecule has 0 saturated carbocycles.